The minimum absolute atomic E-state index is 0.000164. The molecular formula is C27H30N4O5. The van der Waals surface area contributed by atoms with Crippen molar-refractivity contribution in [1.82, 2.24) is 5.43 Å². The number of phenolic OH excluding ortho intramolecular Hbond substituents is 2. The normalized spacial score (nSPS) is 11.1. The predicted octanol–water partition coefficient (Wildman–Crippen LogP) is 4.89. The molecule has 0 saturated carbocycles. The SMILES string of the molecule is CCCOc1ccc(/C=N\NC(=O)c2cccc(N/N=C\c3ccc(OCCC)cc3O)c2)c(O)c1. The van der Waals surface area contributed by atoms with Crippen molar-refractivity contribution in [2.45, 2.75) is 26.7 Å². The van der Waals surface area contributed by atoms with Gasteiger partial charge in [0.15, 0.2) is 0 Å². The zero-order chi connectivity index (χ0) is 25.8. The van der Waals surface area contributed by atoms with Gasteiger partial charge in [-0.3, -0.25) is 10.2 Å². The van der Waals surface area contributed by atoms with Crippen molar-refractivity contribution in [2.24, 2.45) is 10.2 Å². The Morgan fingerprint density at radius 1 is 0.833 bits per heavy atom. The third-order valence-electron chi connectivity index (χ3n) is 4.84. The molecule has 0 spiro atoms. The molecule has 0 aliphatic heterocycles. The number of hydrogen-bond donors (Lipinski definition) is 4. The molecule has 4 N–H and O–H groups in total. The quantitative estimate of drug-likeness (QED) is 0.212. The molecule has 3 aromatic carbocycles. The minimum atomic E-state index is -0.429. The molecule has 0 unspecified atom stereocenters. The Balaban J connectivity index is 1.56. The average molecular weight is 491 g/mol. The van der Waals surface area contributed by atoms with Gasteiger partial charge in [0, 0.05) is 28.8 Å². The fraction of sp³-hybridized carbons (Fsp3) is 0.222. The summed E-state index contributed by atoms with van der Waals surface area (Å²) in [5.74, 6) is 0.778. The molecule has 0 bridgehead atoms. The fourth-order valence-electron chi connectivity index (χ4n) is 3.02. The summed E-state index contributed by atoms with van der Waals surface area (Å²) in [6.45, 7) is 5.15. The minimum Gasteiger partial charge on any atom is -0.507 e. The molecule has 0 aliphatic carbocycles. The number of phenols is 2. The molecule has 36 heavy (non-hydrogen) atoms. The third kappa shape index (κ3) is 7.76. The summed E-state index contributed by atoms with van der Waals surface area (Å²) in [5, 5.41) is 28.3. The molecule has 3 aromatic rings. The summed E-state index contributed by atoms with van der Waals surface area (Å²) in [4.78, 5) is 12.5. The van der Waals surface area contributed by atoms with Gasteiger partial charge in [0.2, 0.25) is 0 Å². The molecule has 0 fully saturated rings. The van der Waals surface area contributed by atoms with E-state index >= 15 is 0 Å². The maximum Gasteiger partial charge on any atom is 0.271 e. The summed E-state index contributed by atoms with van der Waals surface area (Å²) in [6, 6.07) is 16.6. The smallest absolute Gasteiger partial charge is 0.271 e. The van der Waals surface area contributed by atoms with Crippen LogP contribution in [0.25, 0.3) is 0 Å². The highest BCUT2D eigenvalue weighted by Crippen LogP contribution is 2.23. The molecule has 0 atom stereocenters. The standard InChI is InChI=1S/C27H30N4O5/c1-3-12-35-23-10-8-20(25(32)15-23)17-28-30-22-7-5-6-19(14-22)27(34)31-29-18-21-9-11-24(16-26(21)33)36-13-4-2/h5-11,14-18,30,32-33H,3-4,12-13H2,1-2H3,(H,31,34)/b28-17-,29-18-. The van der Waals surface area contributed by atoms with Crippen molar-refractivity contribution in [1.29, 1.82) is 0 Å². The van der Waals surface area contributed by atoms with E-state index in [2.05, 4.69) is 21.1 Å². The van der Waals surface area contributed by atoms with Gasteiger partial charge < -0.3 is 19.7 Å². The first-order valence-electron chi connectivity index (χ1n) is 11.6. The Labute approximate surface area is 210 Å². The van der Waals surface area contributed by atoms with Gasteiger partial charge in [0.25, 0.3) is 5.91 Å². The lowest BCUT2D eigenvalue weighted by molar-refractivity contribution is 0.0955. The Morgan fingerprint density at radius 2 is 1.42 bits per heavy atom. The molecule has 0 aliphatic rings. The zero-order valence-corrected chi connectivity index (χ0v) is 20.3. The van der Waals surface area contributed by atoms with Crippen LogP contribution in [0.15, 0.2) is 70.9 Å². The van der Waals surface area contributed by atoms with Crippen LogP contribution in [-0.2, 0) is 0 Å². The van der Waals surface area contributed by atoms with Gasteiger partial charge in [0.05, 0.1) is 31.3 Å². The Hall–Kier alpha value is -4.53. The Morgan fingerprint density at radius 3 is 1.97 bits per heavy atom. The molecule has 0 saturated heterocycles. The van der Waals surface area contributed by atoms with Crippen LogP contribution >= 0.6 is 0 Å². The van der Waals surface area contributed by atoms with Crippen LogP contribution in [0.5, 0.6) is 23.0 Å². The van der Waals surface area contributed by atoms with Crippen molar-refractivity contribution in [2.75, 3.05) is 18.6 Å². The lowest BCUT2D eigenvalue weighted by Gasteiger charge is -2.07. The number of benzene rings is 3. The van der Waals surface area contributed by atoms with Crippen LogP contribution in [0.2, 0.25) is 0 Å². The number of ether oxygens (including phenoxy) is 2. The van der Waals surface area contributed by atoms with Crippen LogP contribution in [0.4, 0.5) is 5.69 Å². The van der Waals surface area contributed by atoms with E-state index in [1.165, 1.54) is 24.6 Å². The van der Waals surface area contributed by atoms with Crippen molar-refractivity contribution >= 4 is 24.0 Å². The largest absolute Gasteiger partial charge is 0.507 e. The van der Waals surface area contributed by atoms with E-state index in [0.717, 1.165) is 12.8 Å². The molecule has 9 nitrogen and oxygen atoms in total. The van der Waals surface area contributed by atoms with Crippen molar-refractivity contribution in [3.05, 3.63) is 77.4 Å². The van der Waals surface area contributed by atoms with Crippen LogP contribution in [0.3, 0.4) is 0 Å². The van der Waals surface area contributed by atoms with Crippen LogP contribution in [0.1, 0.15) is 48.2 Å². The number of nitrogens with zero attached hydrogens (tertiary/aromatic N) is 2. The highest BCUT2D eigenvalue weighted by Gasteiger charge is 2.06. The summed E-state index contributed by atoms with van der Waals surface area (Å²) < 4.78 is 11.0. The van der Waals surface area contributed by atoms with Gasteiger partial charge in [0.1, 0.15) is 23.0 Å². The summed E-state index contributed by atoms with van der Waals surface area (Å²) >= 11 is 0. The average Bonchev–Trinajstić information content (AvgIpc) is 2.88. The molecule has 188 valence electrons. The molecule has 0 heterocycles. The summed E-state index contributed by atoms with van der Waals surface area (Å²) in [5.41, 5.74) is 7.17. The zero-order valence-electron chi connectivity index (χ0n) is 20.3. The number of aromatic hydroxyl groups is 2. The maximum atomic E-state index is 12.5. The number of rotatable bonds is 12. The first kappa shape index (κ1) is 26.1. The fourth-order valence-corrected chi connectivity index (χ4v) is 3.02. The van der Waals surface area contributed by atoms with E-state index in [4.69, 9.17) is 9.47 Å². The summed E-state index contributed by atoms with van der Waals surface area (Å²) in [7, 11) is 0. The lowest BCUT2D eigenvalue weighted by atomic mass is 10.2. The van der Waals surface area contributed by atoms with E-state index in [-0.39, 0.29) is 11.5 Å². The van der Waals surface area contributed by atoms with E-state index in [1.807, 2.05) is 13.8 Å². The van der Waals surface area contributed by atoms with Crippen LogP contribution < -0.4 is 20.3 Å². The van der Waals surface area contributed by atoms with Gasteiger partial charge in [-0.15, -0.1) is 0 Å². The van der Waals surface area contributed by atoms with Crippen LogP contribution in [0, 0.1) is 0 Å². The Kier molecular flexibility index (Phi) is 9.69. The number of carbonyl (C=O) groups is 1. The predicted molar refractivity (Wildman–Crippen MR) is 141 cm³/mol. The topological polar surface area (TPSA) is 125 Å². The highest BCUT2D eigenvalue weighted by molar-refractivity contribution is 5.96. The monoisotopic (exact) mass is 490 g/mol. The molecule has 9 heteroatoms. The molecular weight excluding hydrogens is 460 g/mol. The van der Waals surface area contributed by atoms with Gasteiger partial charge in [-0.25, -0.2) is 5.43 Å². The van der Waals surface area contributed by atoms with Gasteiger partial charge >= 0.3 is 0 Å². The second-order valence-corrected chi connectivity index (χ2v) is 7.79. The lowest BCUT2D eigenvalue weighted by Crippen LogP contribution is -2.17. The Bertz CT molecular complexity index is 1230. The maximum absolute atomic E-state index is 12.5. The van der Waals surface area contributed by atoms with Crippen LogP contribution in [-0.4, -0.2) is 41.8 Å². The van der Waals surface area contributed by atoms with Gasteiger partial charge in [-0.05, 0) is 55.3 Å². The second-order valence-electron chi connectivity index (χ2n) is 7.79. The number of anilines is 1. The first-order chi connectivity index (χ1) is 17.5. The highest BCUT2D eigenvalue weighted by atomic mass is 16.5. The number of hydrogen-bond acceptors (Lipinski definition) is 8. The number of nitrogens with one attached hydrogen (secondary N) is 2. The van der Waals surface area contributed by atoms with E-state index in [0.29, 0.717) is 47.1 Å². The van der Waals surface area contributed by atoms with Gasteiger partial charge in [-0.1, -0.05) is 19.9 Å². The third-order valence-corrected chi connectivity index (χ3v) is 4.84. The van der Waals surface area contributed by atoms with E-state index < -0.39 is 5.91 Å². The number of amides is 1. The molecule has 0 aromatic heterocycles. The number of hydrazone groups is 2. The number of carbonyl (C=O) groups excluding carboxylic acids is 1. The first-order valence-corrected chi connectivity index (χ1v) is 11.6. The van der Waals surface area contributed by atoms with E-state index in [9.17, 15) is 15.0 Å². The molecule has 1 amide bonds. The van der Waals surface area contributed by atoms with Gasteiger partial charge in [-0.2, -0.15) is 10.2 Å². The van der Waals surface area contributed by atoms with Crippen molar-refractivity contribution in [3.8, 4) is 23.0 Å². The molecule has 0 radical (unpaired) electrons. The van der Waals surface area contributed by atoms with Crippen molar-refractivity contribution < 1.29 is 24.5 Å². The van der Waals surface area contributed by atoms with Crippen molar-refractivity contribution in [3.63, 3.8) is 0 Å². The van der Waals surface area contributed by atoms with E-state index in [1.54, 1.807) is 48.5 Å². The second kappa shape index (κ2) is 13.4. The summed E-state index contributed by atoms with van der Waals surface area (Å²) in [6.07, 6.45) is 4.57. The molecule has 3 rings (SSSR count).